The summed E-state index contributed by atoms with van der Waals surface area (Å²) in [5.41, 5.74) is 5.42. The van der Waals surface area contributed by atoms with E-state index in [1.54, 1.807) is 6.92 Å². The second-order valence-corrected chi connectivity index (χ2v) is 5.20. The van der Waals surface area contributed by atoms with Gasteiger partial charge in [0.05, 0.1) is 12.2 Å². The van der Waals surface area contributed by atoms with Gasteiger partial charge in [0.2, 0.25) is 5.91 Å². The van der Waals surface area contributed by atoms with E-state index in [1.165, 1.54) is 0 Å². The quantitative estimate of drug-likeness (QED) is 0.878. The summed E-state index contributed by atoms with van der Waals surface area (Å²) >= 11 is 0. The van der Waals surface area contributed by atoms with Crippen LogP contribution < -0.4 is 11.1 Å². The first kappa shape index (κ1) is 15.2. The summed E-state index contributed by atoms with van der Waals surface area (Å²) in [4.78, 5) is 25.1. The van der Waals surface area contributed by atoms with E-state index in [-0.39, 0.29) is 23.7 Å². The molecule has 1 aromatic carbocycles. The van der Waals surface area contributed by atoms with Crippen LogP contribution in [0, 0.1) is 17.6 Å². The van der Waals surface area contributed by atoms with Crippen LogP contribution in [-0.4, -0.2) is 22.9 Å². The maximum atomic E-state index is 13.9. The van der Waals surface area contributed by atoms with E-state index in [1.807, 2.05) is 6.92 Å². The van der Waals surface area contributed by atoms with Gasteiger partial charge in [0.15, 0.2) is 0 Å². The van der Waals surface area contributed by atoms with Crippen molar-refractivity contribution in [2.75, 3.05) is 5.32 Å². The van der Waals surface area contributed by atoms with Crippen LogP contribution in [0.25, 0.3) is 0 Å². The Morgan fingerprint density at radius 3 is 2.76 bits per heavy atom. The maximum absolute atomic E-state index is 13.9. The molecule has 21 heavy (non-hydrogen) atoms. The third-order valence-electron chi connectivity index (χ3n) is 3.82. The van der Waals surface area contributed by atoms with Gasteiger partial charge in [-0.1, -0.05) is 20.3 Å². The molecule has 2 rings (SSSR count). The molecule has 0 radical (unpaired) electrons. The summed E-state index contributed by atoms with van der Waals surface area (Å²) in [7, 11) is 0. The number of halogens is 2. The molecular formula is C14H17F2N3O2. The maximum Gasteiger partial charge on any atom is 0.315 e. The fourth-order valence-electron chi connectivity index (χ4n) is 2.50. The number of rotatable bonds is 2. The molecule has 7 heteroatoms. The Labute approximate surface area is 121 Å². The monoisotopic (exact) mass is 297 g/mol. The number of nitrogens with two attached hydrogens (primary N) is 1. The van der Waals surface area contributed by atoms with Gasteiger partial charge in [0.1, 0.15) is 17.7 Å². The molecule has 0 saturated heterocycles. The lowest BCUT2D eigenvalue weighted by Gasteiger charge is -2.30. The van der Waals surface area contributed by atoms with Crippen LogP contribution in [0.5, 0.6) is 0 Å². The molecule has 0 bridgehead atoms. The van der Waals surface area contributed by atoms with Gasteiger partial charge in [0.25, 0.3) is 0 Å². The van der Waals surface area contributed by atoms with E-state index in [2.05, 4.69) is 5.32 Å². The van der Waals surface area contributed by atoms with Gasteiger partial charge < -0.3 is 16.0 Å². The molecule has 0 fully saturated rings. The van der Waals surface area contributed by atoms with Gasteiger partial charge in [-0.05, 0) is 12.0 Å². The Morgan fingerprint density at radius 1 is 1.52 bits per heavy atom. The van der Waals surface area contributed by atoms with Crippen LogP contribution in [0.2, 0.25) is 0 Å². The second kappa shape index (κ2) is 5.67. The summed E-state index contributed by atoms with van der Waals surface area (Å²) in [5, 5.41) is 2.49. The predicted octanol–water partition coefficient (Wildman–Crippen LogP) is 2.21. The number of fused-ring (bicyclic) bond motifs is 1. The highest BCUT2D eigenvalue weighted by Crippen LogP contribution is 2.29. The zero-order valence-corrected chi connectivity index (χ0v) is 11.8. The molecule has 1 aliphatic heterocycles. The van der Waals surface area contributed by atoms with Gasteiger partial charge in [-0.15, -0.1) is 0 Å². The number of nitrogens with zero attached hydrogens (tertiary/aromatic N) is 1. The third-order valence-corrected chi connectivity index (χ3v) is 3.82. The minimum absolute atomic E-state index is 0.0366. The number of anilines is 1. The topological polar surface area (TPSA) is 75.4 Å². The molecule has 0 spiro atoms. The van der Waals surface area contributed by atoms with Gasteiger partial charge in [-0.2, -0.15) is 0 Å². The summed E-state index contributed by atoms with van der Waals surface area (Å²) < 4.78 is 27.2. The molecule has 1 aliphatic rings. The van der Waals surface area contributed by atoms with Gasteiger partial charge >= 0.3 is 6.03 Å². The zero-order chi connectivity index (χ0) is 15.7. The SMILES string of the molecule is CCC(C)C1C(=O)Nc2cc(F)cc(F)c2CN1C(N)=O. The first-order valence-corrected chi connectivity index (χ1v) is 6.70. The summed E-state index contributed by atoms with van der Waals surface area (Å²) in [6, 6.07) is 0.122. The Bertz CT molecular complexity index is 592. The van der Waals surface area contributed by atoms with Crippen molar-refractivity contribution in [2.45, 2.75) is 32.9 Å². The number of benzene rings is 1. The van der Waals surface area contributed by atoms with Crippen LogP contribution in [0.3, 0.4) is 0 Å². The molecule has 2 unspecified atom stereocenters. The number of primary amides is 1. The number of hydrogen-bond acceptors (Lipinski definition) is 2. The van der Waals surface area contributed by atoms with Crippen LogP contribution in [0.4, 0.5) is 19.3 Å². The Hall–Kier alpha value is -2.18. The van der Waals surface area contributed by atoms with Gasteiger partial charge in [-0.3, -0.25) is 4.79 Å². The van der Waals surface area contributed by atoms with Crippen molar-refractivity contribution in [1.82, 2.24) is 4.90 Å². The molecule has 0 aromatic heterocycles. The minimum Gasteiger partial charge on any atom is -0.351 e. The Morgan fingerprint density at radius 2 is 2.19 bits per heavy atom. The molecule has 0 saturated carbocycles. The van der Waals surface area contributed by atoms with E-state index >= 15 is 0 Å². The van der Waals surface area contributed by atoms with Crippen molar-refractivity contribution in [3.8, 4) is 0 Å². The third kappa shape index (κ3) is 2.81. The van der Waals surface area contributed by atoms with Crippen LogP contribution in [-0.2, 0) is 11.3 Å². The number of nitrogens with one attached hydrogen (secondary N) is 1. The predicted molar refractivity (Wildman–Crippen MR) is 73.4 cm³/mol. The van der Waals surface area contributed by atoms with Crippen molar-refractivity contribution >= 4 is 17.6 Å². The minimum atomic E-state index is -0.818. The number of carbonyl (C=O) groups is 2. The summed E-state index contributed by atoms with van der Waals surface area (Å²) in [5.74, 6) is -2.27. The van der Waals surface area contributed by atoms with E-state index < -0.39 is 29.6 Å². The highest BCUT2D eigenvalue weighted by Gasteiger charge is 2.36. The number of carbonyl (C=O) groups excluding carboxylic acids is 2. The highest BCUT2D eigenvalue weighted by molar-refractivity contribution is 5.98. The first-order chi connectivity index (χ1) is 9.85. The average Bonchev–Trinajstić information content (AvgIpc) is 2.54. The molecule has 3 N–H and O–H groups in total. The summed E-state index contributed by atoms with van der Waals surface area (Å²) in [6.07, 6.45) is 0.634. The van der Waals surface area contributed by atoms with Crippen molar-refractivity contribution in [2.24, 2.45) is 11.7 Å². The number of amides is 3. The lowest BCUT2D eigenvalue weighted by atomic mass is 9.97. The average molecular weight is 297 g/mol. The molecule has 114 valence electrons. The molecule has 1 heterocycles. The van der Waals surface area contributed by atoms with Gasteiger partial charge in [0, 0.05) is 11.6 Å². The fourth-order valence-corrected chi connectivity index (χ4v) is 2.50. The highest BCUT2D eigenvalue weighted by atomic mass is 19.1. The lowest BCUT2D eigenvalue weighted by molar-refractivity contribution is -0.121. The first-order valence-electron chi connectivity index (χ1n) is 6.70. The molecule has 1 aromatic rings. The van der Waals surface area contributed by atoms with E-state index in [9.17, 15) is 18.4 Å². The second-order valence-electron chi connectivity index (χ2n) is 5.20. The number of hydrogen-bond donors (Lipinski definition) is 2. The molecule has 3 amide bonds. The summed E-state index contributed by atoms with van der Waals surface area (Å²) in [6.45, 7) is 3.49. The van der Waals surface area contributed by atoms with E-state index in [0.29, 0.717) is 12.5 Å². The lowest BCUT2D eigenvalue weighted by Crippen LogP contribution is -2.50. The molecule has 2 atom stereocenters. The van der Waals surface area contributed by atoms with Crippen molar-refractivity contribution in [1.29, 1.82) is 0 Å². The molecule has 0 aliphatic carbocycles. The zero-order valence-electron chi connectivity index (χ0n) is 11.8. The van der Waals surface area contributed by atoms with E-state index in [4.69, 9.17) is 5.73 Å². The van der Waals surface area contributed by atoms with Crippen LogP contribution in [0.15, 0.2) is 12.1 Å². The van der Waals surface area contributed by atoms with Crippen LogP contribution in [0.1, 0.15) is 25.8 Å². The normalized spacial score (nSPS) is 19.5. The van der Waals surface area contributed by atoms with Crippen molar-refractivity contribution < 1.29 is 18.4 Å². The molecular weight excluding hydrogens is 280 g/mol. The number of urea groups is 1. The largest absolute Gasteiger partial charge is 0.351 e. The standard InChI is InChI=1S/C14H17F2N3O2/c1-3-7(2)12-13(20)18-11-5-8(15)4-10(16)9(11)6-19(12)14(17)21/h4-5,7,12H,3,6H2,1-2H3,(H2,17,21)(H,18,20). The Balaban J connectivity index is 2.52. The Kier molecular flexibility index (Phi) is 4.11. The smallest absolute Gasteiger partial charge is 0.315 e. The van der Waals surface area contributed by atoms with E-state index in [0.717, 1.165) is 11.0 Å². The van der Waals surface area contributed by atoms with Crippen molar-refractivity contribution in [3.63, 3.8) is 0 Å². The van der Waals surface area contributed by atoms with Crippen LogP contribution >= 0.6 is 0 Å². The van der Waals surface area contributed by atoms with Crippen molar-refractivity contribution in [3.05, 3.63) is 29.3 Å². The fraction of sp³-hybridized carbons (Fsp3) is 0.429. The van der Waals surface area contributed by atoms with Gasteiger partial charge in [-0.25, -0.2) is 13.6 Å². The molecule has 5 nitrogen and oxygen atoms in total.